The van der Waals surface area contributed by atoms with Crippen LogP contribution in [0.1, 0.15) is 6.92 Å². The Hall–Kier alpha value is -0.650. The monoisotopic (exact) mass is 227 g/mol. The van der Waals surface area contributed by atoms with E-state index in [1.165, 1.54) is 0 Å². The van der Waals surface area contributed by atoms with Crippen LogP contribution in [0.15, 0.2) is 23.6 Å². The molecule has 15 heavy (non-hydrogen) atoms. The molecule has 84 valence electrons. The zero-order valence-corrected chi connectivity index (χ0v) is 9.96. The van der Waals surface area contributed by atoms with Crippen LogP contribution in [-0.4, -0.2) is 42.0 Å². The molecule has 4 nitrogen and oxygen atoms in total. The summed E-state index contributed by atoms with van der Waals surface area (Å²) in [4.78, 5) is 8.22. The molecule has 1 rings (SSSR count). The predicted octanol–water partition coefficient (Wildman–Crippen LogP) is 1.19. The molecule has 1 N–H and O–H groups in total. The van der Waals surface area contributed by atoms with Crippen LogP contribution in [0, 0.1) is 0 Å². The van der Waals surface area contributed by atoms with Crippen LogP contribution < -0.4 is 5.32 Å². The van der Waals surface area contributed by atoms with Gasteiger partial charge in [0.05, 0.1) is 12.8 Å². The van der Waals surface area contributed by atoms with E-state index in [-0.39, 0.29) is 0 Å². The molecule has 0 saturated carbocycles. The van der Waals surface area contributed by atoms with E-state index >= 15 is 0 Å². The van der Waals surface area contributed by atoms with E-state index < -0.39 is 0 Å². The maximum Gasteiger partial charge on any atom is 0.114 e. The largest absolute Gasteiger partial charge is 0.383 e. The Labute approximate surface area is 94.8 Å². The molecule has 1 heterocycles. The Balaban J connectivity index is 2.33. The molecule has 5 heteroatoms. The minimum Gasteiger partial charge on any atom is -0.383 e. The summed E-state index contributed by atoms with van der Waals surface area (Å²) >= 11 is 1.69. The van der Waals surface area contributed by atoms with Crippen molar-refractivity contribution in [3.8, 4) is 0 Å². The summed E-state index contributed by atoms with van der Waals surface area (Å²) in [5.41, 5.74) is 0. The Bertz CT molecular complexity index is 252. The number of nitrogens with zero attached hydrogens (tertiary/aromatic N) is 2. The second-order valence-corrected chi connectivity index (χ2v) is 4.10. The number of ether oxygens (including phenoxy) is 1. The molecular formula is C10H17N3OS. The van der Waals surface area contributed by atoms with Crippen molar-refractivity contribution < 1.29 is 4.74 Å². The number of aromatic nitrogens is 2. The van der Waals surface area contributed by atoms with Crippen LogP contribution in [0.5, 0.6) is 0 Å². The Morgan fingerprint density at radius 1 is 1.53 bits per heavy atom. The lowest BCUT2D eigenvalue weighted by atomic mass is 10.3. The smallest absolute Gasteiger partial charge is 0.114 e. The minimum atomic E-state index is 0.368. The summed E-state index contributed by atoms with van der Waals surface area (Å²) in [5, 5.41) is 4.31. The lowest BCUT2D eigenvalue weighted by Crippen LogP contribution is -2.35. The van der Waals surface area contributed by atoms with E-state index in [9.17, 15) is 0 Å². The van der Waals surface area contributed by atoms with Gasteiger partial charge in [0.2, 0.25) is 0 Å². The van der Waals surface area contributed by atoms with Gasteiger partial charge in [0.15, 0.2) is 0 Å². The van der Waals surface area contributed by atoms with E-state index in [1.807, 2.05) is 0 Å². The van der Waals surface area contributed by atoms with Gasteiger partial charge < -0.3 is 10.1 Å². The molecule has 0 saturated heterocycles. The molecule has 0 aliphatic carbocycles. The van der Waals surface area contributed by atoms with E-state index in [0.29, 0.717) is 6.04 Å². The molecular weight excluding hydrogens is 210 g/mol. The third-order valence-electron chi connectivity index (χ3n) is 1.83. The van der Waals surface area contributed by atoms with Crippen molar-refractivity contribution in [3.63, 3.8) is 0 Å². The minimum absolute atomic E-state index is 0.368. The average molecular weight is 227 g/mol. The molecule has 0 fully saturated rings. The summed E-state index contributed by atoms with van der Waals surface area (Å²) in [6, 6.07) is 0.368. The fraction of sp³-hybridized carbons (Fsp3) is 0.600. The molecule has 0 bridgehead atoms. The lowest BCUT2D eigenvalue weighted by Gasteiger charge is -2.15. The third kappa shape index (κ3) is 5.11. The summed E-state index contributed by atoms with van der Waals surface area (Å²) in [6.07, 6.45) is 5.17. The molecule has 1 unspecified atom stereocenters. The summed E-state index contributed by atoms with van der Waals surface area (Å²) < 4.78 is 5.13. The van der Waals surface area contributed by atoms with Gasteiger partial charge in [-0.05, 0) is 6.54 Å². The first kappa shape index (κ1) is 12.4. The van der Waals surface area contributed by atoms with Gasteiger partial charge in [-0.25, -0.2) is 4.98 Å². The lowest BCUT2D eigenvalue weighted by molar-refractivity contribution is 0.174. The maximum atomic E-state index is 5.13. The second kappa shape index (κ2) is 7.62. The van der Waals surface area contributed by atoms with Gasteiger partial charge in [0.25, 0.3) is 0 Å². The number of nitrogens with one attached hydrogen (secondary N) is 1. The quantitative estimate of drug-likeness (QED) is 0.709. The third-order valence-corrected chi connectivity index (χ3v) is 2.91. The SMILES string of the molecule is CCNC(COC)CSc1cnccn1. The number of rotatable bonds is 7. The standard InChI is InChI=1S/C10H17N3OS/c1-3-12-9(7-14-2)8-15-10-6-11-4-5-13-10/h4-6,9,12H,3,7-8H2,1-2H3. The molecule has 1 atom stereocenters. The molecule has 0 aliphatic rings. The first-order valence-corrected chi connectivity index (χ1v) is 5.96. The van der Waals surface area contributed by atoms with E-state index in [4.69, 9.17) is 4.74 Å². The highest BCUT2D eigenvalue weighted by Crippen LogP contribution is 2.14. The van der Waals surface area contributed by atoms with Crippen molar-refractivity contribution >= 4 is 11.8 Å². The second-order valence-electron chi connectivity index (χ2n) is 3.06. The van der Waals surface area contributed by atoms with Crippen molar-refractivity contribution in [3.05, 3.63) is 18.6 Å². The van der Waals surface area contributed by atoms with Gasteiger partial charge in [0.1, 0.15) is 5.03 Å². The van der Waals surface area contributed by atoms with E-state index in [1.54, 1.807) is 37.5 Å². The topological polar surface area (TPSA) is 47.0 Å². The van der Waals surface area contributed by atoms with Crippen LogP contribution in [0.4, 0.5) is 0 Å². The normalized spacial score (nSPS) is 12.7. The number of hydrogen-bond donors (Lipinski definition) is 1. The molecule has 0 aliphatic heterocycles. The Morgan fingerprint density at radius 3 is 3.00 bits per heavy atom. The fourth-order valence-corrected chi connectivity index (χ4v) is 2.06. The number of thioether (sulfide) groups is 1. The summed E-state index contributed by atoms with van der Waals surface area (Å²) in [7, 11) is 1.72. The number of likely N-dealkylation sites (N-methyl/N-ethyl adjacent to an activating group) is 1. The fourth-order valence-electron chi connectivity index (χ4n) is 1.20. The average Bonchev–Trinajstić information content (AvgIpc) is 2.28. The number of methoxy groups -OCH3 is 1. The van der Waals surface area contributed by atoms with Gasteiger partial charge in [0, 0.05) is 31.3 Å². The van der Waals surface area contributed by atoms with Gasteiger partial charge in [-0.1, -0.05) is 6.92 Å². The zero-order valence-electron chi connectivity index (χ0n) is 9.14. The van der Waals surface area contributed by atoms with E-state index in [0.717, 1.165) is 23.9 Å². The first-order valence-electron chi connectivity index (χ1n) is 4.98. The molecule has 0 amide bonds. The zero-order chi connectivity index (χ0) is 10.9. The van der Waals surface area contributed by atoms with Gasteiger partial charge in [-0.15, -0.1) is 11.8 Å². The van der Waals surface area contributed by atoms with Gasteiger partial charge in [-0.3, -0.25) is 4.98 Å². The first-order chi connectivity index (χ1) is 7.36. The van der Waals surface area contributed by atoms with Crippen LogP contribution >= 0.6 is 11.8 Å². The van der Waals surface area contributed by atoms with Crippen molar-refractivity contribution in [1.82, 2.24) is 15.3 Å². The predicted molar refractivity (Wildman–Crippen MR) is 62.1 cm³/mol. The van der Waals surface area contributed by atoms with E-state index in [2.05, 4.69) is 22.2 Å². The van der Waals surface area contributed by atoms with Crippen LogP contribution in [0.3, 0.4) is 0 Å². The summed E-state index contributed by atoms with van der Waals surface area (Å²) in [6.45, 7) is 3.77. The van der Waals surface area contributed by atoms with Gasteiger partial charge >= 0.3 is 0 Å². The number of hydrogen-bond acceptors (Lipinski definition) is 5. The molecule has 1 aromatic rings. The van der Waals surface area contributed by atoms with Crippen molar-refractivity contribution in [2.75, 3.05) is 26.0 Å². The maximum absolute atomic E-state index is 5.13. The van der Waals surface area contributed by atoms with Crippen LogP contribution in [0.25, 0.3) is 0 Å². The molecule has 0 spiro atoms. The van der Waals surface area contributed by atoms with Crippen LogP contribution in [0.2, 0.25) is 0 Å². The Kier molecular flexibility index (Phi) is 6.31. The summed E-state index contributed by atoms with van der Waals surface area (Å²) in [5.74, 6) is 0.945. The molecule has 0 radical (unpaired) electrons. The van der Waals surface area contributed by atoms with Crippen molar-refractivity contribution in [1.29, 1.82) is 0 Å². The van der Waals surface area contributed by atoms with Crippen molar-refractivity contribution in [2.45, 2.75) is 18.0 Å². The highest BCUT2D eigenvalue weighted by Gasteiger charge is 2.07. The molecule has 1 aromatic heterocycles. The highest BCUT2D eigenvalue weighted by atomic mass is 32.2. The van der Waals surface area contributed by atoms with Gasteiger partial charge in [-0.2, -0.15) is 0 Å². The van der Waals surface area contributed by atoms with Crippen molar-refractivity contribution in [2.24, 2.45) is 0 Å². The Morgan fingerprint density at radius 2 is 2.40 bits per heavy atom. The highest BCUT2D eigenvalue weighted by molar-refractivity contribution is 7.99. The molecule has 0 aromatic carbocycles. The van der Waals surface area contributed by atoms with Crippen LogP contribution in [-0.2, 0) is 4.74 Å².